The number of nitro groups is 1. The summed E-state index contributed by atoms with van der Waals surface area (Å²) in [5.74, 6) is -1.52. The maximum absolute atomic E-state index is 12.2. The number of hydrogen-bond acceptors (Lipinski definition) is 7. The number of non-ortho nitro benzene ring substituents is 1. The average molecular weight is 361 g/mol. The van der Waals surface area contributed by atoms with Crippen LogP contribution in [0.25, 0.3) is 0 Å². The molecule has 10 nitrogen and oxygen atoms in total. The molecule has 0 spiro atoms. The van der Waals surface area contributed by atoms with E-state index in [1.807, 2.05) is 0 Å². The second kappa shape index (κ2) is 7.92. The number of nitrogens with zero attached hydrogens (tertiary/aromatic N) is 1. The van der Waals surface area contributed by atoms with E-state index in [9.17, 15) is 24.5 Å². The molecule has 0 saturated carbocycles. The van der Waals surface area contributed by atoms with E-state index in [0.29, 0.717) is 0 Å². The minimum absolute atomic E-state index is 0.0483. The summed E-state index contributed by atoms with van der Waals surface area (Å²) in [4.78, 5) is 48.3. The zero-order chi connectivity index (χ0) is 19.3. The number of methoxy groups -OCH3 is 1. The van der Waals surface area contributed by atoms with Crippen molar-refractivity contribution in [3.63, 3.8) is 0 Å². The van der Waals surface area contributed by atoms with Crippen LogP contribution < -0.4 is 15.6 Å². The molecular weight excluding hydrogens is 346 g/mol. The Morgan fingerprint density at radius 3 is 2.65 bits per heavy atom. The van der Waals surface area contributed by atoms with Gasteiger partial charge >= 0.3 is 5.97 Å². The van der Waals surface area contributed by atoms with Gasteiger partial charge in [-0.15, -0.1) is 0 Å². The molecule has 2 aromatic rings. The molecular formula is C16H15N3O7. The van der Waals surface area contributed by atoms with Crippen LogP contribution in [0.4, 0.5) is 11.4 Å². The maximum Gasteiger partial charge on any atom is 0.344 e. The molecule has 1 aromatic carbocycles. The first kappa shape index (κ1) is 18.6. The van der Waals surface area contributed by atoms with Gasteiger partial charge in [0.2, 0.25) is 0 Å². The predicted molar refractivity (Wildman–Crippen MR) is 90.2 cm³/mol. The number of aromatic nitrogens is 1. The predicted octanol–water partition coefficient (Wildman–Crippen LogP) is 1.48. The Hall–Kier alpha value is -3.69. The normalized spacial score (nSPS) is 11.3. The Kier molecular flexibility index (Phi) is 5.68. The first-order valence-electron chi connectivity index (χ1n) is 7.35. The number of esters is 1. The summed E-state index contributed by atoms with van der Waals surface area (Å²) in [7, 11) is 1.34. The highest BCUT2D eigenvalue weighted by molar-refractivity contribution is 5.98. The van der Waals surface area contributed by atoms with Gasteiger partial charge in [-0.05, 0) is 25.1 Å². The third-order valence-corrected chi connectivity index (χ3v) is 3.34. The zero-order valence-corrected chi connectivity index (χ0v) is 13.8. The molecule has 2 rings (SSSR count). The van der Waals surface area contributed by atoms with Crippen molar-refractivity contribution >= 4 is 23.3 Å². The Morgan fingerprint density at radius 1 is 1.31 bits per heavy atom. The Labute approximate surface area is 146 Å². The number of rotatable bonds is 6. The van der Waals surface area contributed by atoms with Gasteiger partial charge in [-0.25, -0.2) is 4.79 Å². The molecule has 0 aliphatic rings. The number of carbonyl (C=O) groups is 2. The Balaban J connectivity index is 2.13. The maximum atomic E-state index is 12.2. The molecule has 2 N–H and O–H groups in total. The van der Waals surface area contributed by atoms with Crippen LogP contribution >= 0.6 is 0 Å². The largest absolute Gasteiger partial charge is 0.495 e. The second-order valence-electron chi connectivity index (χ2n) is 5.09. The summed E-state index contributed by atoms with van der Waals surface area (Å²) in [5, 5.41) is 13.3. The van der Waals surface area contributed by atoms with Crippen molar-refractivity contribution in [1.82, 2.24) is 4.98 Å². The van der Waals surface area contributed by atoms with Gasteiger partial charge in [0.25, 0.3) is 17.2 Å². The smallest absolute Gasteiger partial charge is 0.344 e. The number of aromatic amines is 1. The van der Waals surface area contributed by atoms with Gasteiger partial charge in [-0.1, -0.05) is 0 Å². The SMILES string of the molecule is COc1ccc([N+](=O)[O-])cc1NC(=O)[C@@H](C)OC(=O)c1ccc[nH]c1=O. The van der Waals surface area contributed by atoms with Crippen LogP contribution in [0.5, 0.6) is 5.75 Å². The van der Waals surface area contributed by atoms with Gasteiger partial charge in [0.15, 0.2) is 6.10 Å². The van der Waals surface area contributed by atoms with E-state index >= 15 is 0 Å². The molecule has 10 heteroatoms. The molecule has 1 atom stereocenters. The number of carbonyl (C=O) groups excluding carboxylic acids is 2. The first-order valence-corrected chi connectivity index (χ1v) is 7.35. The molecule has 1 aromatic heterocycles. The van der Waals surface area contributed by atoms with Crippen molar-refractivity contribution in [2.24, 2.45) is 0 Å². The molecule has 0 radical (unpaired) electrons. The molecule has 0 aliphatic heterocycles. The van der Waals surface area contributed by atoms with E-state index in [1.54, 1.807) is 0 Å². The van der Waals surface area contributed by atoms with Crippen molar-refractivity contribution < 1.29 is 24.0 Å². The van der Waals surface area contributed by atoms with Crippen LogP contribution in [0.3, 0.4) is 0 Å². The lowest BCUT2D eigenvalue weighted by molar-refractivity contribution is -0.384. The molecule has 0 unspecified atom stereocenters. The summed E-state index contributed by atoms with van der Waals surface area (Å²) >= 11 is 0. The lowest BCUT2D eigenvalue weighted by Crippen LogP contribution is -2.31. The van der Waals surface area contributed by atoms with Crippen LogP contribution in [0.1, 0.15) is 17.3 Å². The van der Waals surface area contributed by atoms with Crippen molar-refractivity contribution in [3.8, 4) is 5.75 Å². The lowest BCUT2D eigenvalue weighted by atomic mass is 10.2. The van der Waals surface area contributed by atoms with Crippen molar-refractivity contribution in [2.75, 3.05) is 12.4 Å². The van der Waals surface area contributed by atoms with Crippen LogP contribution in [0, 0.1) is 10.1 Å². The minimum atomic E-state index is -1.26. The highest BCUT2D eigenvalue weighted by Crippen LogP contribution is 2.29. The molecule has 0 fully saturated rings. The van der Waals surface area contributed by atoms with Gasteiger partial charge in [0, 0.05) is 18.3 Å². The van der Waals surface area contributed by atoms with Crippen LogP contribution in [-0.2, 0) is 9.53 Å². The fourth-order valence-corrected chi connectivity index (χ4v) is 2.00. The third-order valence-electron chi connectivity index (χ3n) is 3.34. The quantitative estimate of drug-likeness (QED) is 0.451. The number of nitro benzene ring substituents is 1. The number of amides is 1. The van der Waals surface area contributed by atoms with Gasteiger partial charge in [-0.3, -0.25) is 19.7 Å². The van der Waals surface area contributed by atoms with E-state index < -0.39 is 28.5 Å². The van der Waals surface area contributed by atoms with Crippen molar-refractivity contribution in [2.45, 2.75) is 13.0 Å². The van der Waals surface area contributed by atoms with Crippen molar-refractivity contribution in [3.05, 3.63) is 62.6 Å². The molecule has 136 valence electrons. The Morgan fingerprint density at radius 2 is 2.04 bits per heavy atom. The van der Waals surface area contributed by atoms with Crippen LogP contribution in [0.2, 0.25) is 0 Å². The summed E-state index contributed by atoms with van der Waals surface area (Å²) in [6, 6.07) is 6.37. The Bertz CT molecular complexity index is 907. The number of benzene rings is 1. The van der Waals surface area contributed by atoms with E-state index in [1.165, 1.54) is 44.5 Å². The highest BCUT2D eigenvalue weighted by atomic mass is 16.6. The van der Waals surface area contributed by atoms with Crippen molar-refractivity contribution in [1.29, 1.82) is 0 Å². The van der Waals surface area contributed by atoms with Gasteiger partial charge in [0.1, 0.15) is 11.3 Å². The lowest BCUT2D eigenvalue weighted by Gasteiger charge is -2.15. The van der Waals surface area contributed by atoms with E-state index in [2.05, 4.69) is 10.3 Å². The highest BCUT2D eigenvalue weighted by Gasteiger charge is 2.22. The molecule has 1 amide bonds. The fraction of sp³-hybridized carbons (Fsp3) is 0.188. The number of anilines is 1. The van der Waals surface area contributed by atoms with E-state index in [0.717, 1.165) is 6.07 Å². The van der Waals surface area contributed by atoms with Gasteiger partial charge < -0.3 is 19.8 Å². The topological polar surface area (TPSA) is 141 Å². The molecule has 1 heterocycles. The number of ether oxygens (including phenoxy) is 2. The number of nitrogens with one attached hydrogen (secondary N) is 2. The summed E-state index contributed by atoms with van der Waals surface area (Å²) in [6.45, 7) is 1.30. The summed E-state index contributed by atoms with van der Waals surface area (Å²) < 4.78 is 9.99. The molecule has 26 heavy (non-hydrogen) atoms. The zero-order valence-electron chi connectivity index (χ0n) is 13.8. The first-order chi connectivity index (χ1) is 12.3. The number of pyridine rings is 1. The monoisotopic (exact) mass is 361 g/mol. The average Bonchev–Trinajstić information content (AvgIpc) is 2.61. The van der Waals surface area contributed by atoms with Gasteiger partial charge in [-0.2, -0.15) is 0 Å². The summed E-state index contributed by atoms with van der Waals surface area (Å²) in [6.07, 6.45) is 0.0928. The van der Waals surface area contributed by atoms with Crippen LogP contribution in [0.15, 0.2) is 41.3 Å². The van der Waals surface area contributed by atoms with E-state index in [4.69, 9.17) is 9.47 Å². The number of H-pyrrole nitrogens is 1. The second-order valence-corrected chi connectivity index (χ2v) is 5.09. The summed E-state index contributed by atoms with van der Waals surface area (Å²) in [5.41, 5.74) is -1.10. The van der Waals surface area contributed by atoms with Gasteiger partial charge in [0.05, 0.1) is 17.7 Å². The molecule has 0 saturated heterocycles. The fourth-order valence-electron chi connectivity index (χ4n) is 2.00. The third kappa shape index (κ3) is 4.23. The molecule has 0 aliphatic carbocycles. The number of hydrogen-bond donors (Lipinski definition) is 2. The van der Waals surface area contributed by atoms with Crippen LogP contribution in [-0.4, -0.2) is 35.0 Å². The minimum Gasteiger partial charge on any atom is -0.495 e. The van der Waals surface area contributed by atoms with E-state index in [-0.39, 0.29) is 22.7 Å². The molecule has 0 bridgehead atoms. The standard InChI is InChI=1S/C16H15N3O7/c1-9(26-16(22)11-4-3-7-17-15(11)21)14(20)18-12-8-10(19(23)24)5-6-13(12)25-2/h3-9H,1-2H3,(H,17,21)(H,18,20)/t9-/m1/s1.